The van der Waals surface area contributed by atoms with Gasteiger partial charge in [0.1, 0.15) is 11.3 Å². The van der Waals surface area contributed by atoms with Gasteiger partial charge in [0.2, 0.25) is 0 Å². The zero-order chi connectivity index (χ0) is 14.4. The lowest BCUT2D eigenvalue weighted by Crippen LogP contribution is -2.25. The topological polar surface area (TPSA) is 25.2 Å². The van der Waals surface area contributed by atoms with Gasteiger partial charge in [-0.15, -0.1) is 0 Å². The van der Waals surface area contributed by atoms with Crippen molar-refractivity contribution in [1.82, 2.24) is 5.32 Å². The van der Waals surface area contributed by atoms with E-state index in [1.54, 1.807) is 0 Å². The summed E-state index contributed by atoms with van der Waals surface area (Å²) in [6.45, 7) is 7.50. The van der Waals surface area contributed by atoms with E-state index in [1.165, 1.54) is 43.1 Å². The Hall–Kier alpha value is -1.28. The molecule has 0 fully saturated rings. The van der Waals surface area contributed by atoms with Gasteiger partial charge in [-0.1, -0.05) is 50.8 Å². The Bertz CT molecular complexity index is 529. The van der Waals surface area contributed by atoms with E-state index in [4.69, 9.17) is 4.42 Å². The van der Waals surface area contributed by atoms with Gasteiger partial charge in [-0.2, -0.15) is 0 Å². The molecule has 0 saturated heterocycles. The van der Waals surface area contributed by atoms with Crippen molar-refractivity contribution in [3.8, 4) is 0 Å². The monoisotopic (exact) mass is 273 g/mol. The first-order valence-corrected chi connectivity index (χ1v) is 7.92. The van der Waals surface area contributed by atoms with E-state index in [2.05, 4.69) is 38.2 Å². The molecule has 0 bridgehead atoms. The highest BCUT2D eigenvalue weighted by molar-refractivity contribution is 5.82. The van der Waals surface area contributed by atoms with Crippen LogP contribution >= 0.6 is 0 Å². The molecule has 1 heterocycles. The smallest absolute Gasteiger partial charge is 0.134 e. The lowest BCUT2D eigenvalue weighted by atomic mass is 10.1. The van der Waals surface area contributed by atoms with Gasteiger partial charge in [-0.3, -0.25) is 0 Å². The number of benzene rings is 1. The van der Waals surface area contributed by atoms with E-state index >= 15 is 0 Å². The molecule has 1 atom stereocenters. The zero-order valence-corrected chi connectivity index (χ0v) is 13.0. The lowest BCUT2D eigenvalue weighted by molar-refractivity contribution is 0.478. The summed E-state index contributed by atoms with van der Waals surface area (Å²) < 4.78 is 5.80. The first-order valence-electron chi connectivity index (χ1n) is 7.92. The number of hydrogen-bond acceptors (Lipinski definition) is 2. The molecule has 1 aromatic carbocycles. The van der Waals surface area contributed by atoms with Crippen LogP contribution in [0, 0.1) is 6.92 Å². The highest BCUT2D eigenvalue weighted by atomic mass is 16.3. The fraction of sp³-hybridized carbons (Fsp3) is 0.556. The Morgan fingerprint density at radius 3 is 2.75 bits per heavy atom. The van der Waals surface area contributed by atoms with Crippen LogP contribution < -0.4 is 5.32 Å². The molecule has 2 heteroatoms. The fourth-order valence-electron chi connectivity index (χ4n) is 2.70. The van der Waals surface area contributed by atoms with Crippen LogP contribution in [0.4, 0.5) is 0 Å². The molecule has 0 saturated carbocycles. The van der Waals surface area contributed by atoms with Crippen molar-refractivity contribution in [3.05, 3.63) is 35.6 Å². The number of nitrogens with one attached hydrogen (secondary N) is 1. The van der Waals surface area contributed by atoms with E-state index in [1.807, 2.05) is 12.1 Å². The Balaban J connectivity index is 1.87. The summed E-state index contributed by atoms with van der Waals surface area (Å²) in [7, 11) is 0. The van der Waals surface area contributed by atoms with Crippen LogP contribution in [0.5, 0.6) is 0 Å². The van der Waals surface area contributed by atoms with Gasteiger partial charge >= 0.3 is 0 Å². The maximum absolute atomic E-state index is 5.80. The van der Waals surface area contributed by atoms with Crippen LogP contribution in [0.25, 0.3) is 11.0 Å². The SMILES string of the molecule is CCCCCCC(C)NCc1c(C)oc2ccccc12. The standard InChI is InChI=1S/C18H27NO/c1-4-5-6-7-10-14(2)19-13-17-15(3)20-18-12-9-8-11-16(17)18/h8-9,11-12,14,19H,4-7,10,13H2,1-3H3. The summed E-state index contributed by atoms with van der Waals surface area (Å²) in [6.07, 6.45) is 6.61. The second kappa shape index (κ2) is 7.49. The zero-order valence-electron chi connectivity index (χ0n) is 13.0. The molecular formula is C18H27NO. The van der Waals surface area contributed by atoms with Crippen LogP contribution in [0.3, 0.4) is 0 Å². The first kappa shape index (κ1) is 15.1. The molecule has 2 rings (SSSR count). The van der Waals surface area contributed by atoms with Gasteiger partial charge < -0.3 is 9.73 Å². The minimum atomic E-state index is 0.569. The van der Waals surface area contributed by atoms with Crippen molar-refractivity contribution in [2.75, 3.05) is 0 Å². The molecule has 0 spiro atoms. The van der Waals surface area contributed by atoms with Gasteiger partial charge in [0.25, 0.3) is 0 Å². The summed E-state index contributed by atoms with van der Waals surface area (Å²) in [5.41, 5.74) is 2.30. The Labute approximate surface area is 122 Å². The maximum atomic E-state index is 5.80. The molecule has 0 amide bonds. The summed E-state index contributed by atoms with van der Waals surface area (Å²) in [5, 5.41) is 4.88. The van der Waals surface area contributed by atoms with Gasteiger partial charge in [0.15, 0.2) is 0 Å². The van der Waals surface area contributed by atoms with Crippen LogP contribution in [0.15, 0.2) is 28.7 Å². The molecule has 2 nitrogen and oxygen atoms in total. The Kier molecular flexibility index (Phi) is 5.66. The van der Waals surface area contributed by atoms with E-state index in [-0.39, 0.29) is 0 Å². The normalized spacial score (nSPS) is 12.9. The Morgan fingerprint density at radius 1 is 1.15 bits per heavy atom. The summed E-state index contributed by atoms with van der Waals surface area (Å²) >= 11 is 0. The van der Waals surface area contributed by atoms with E-state index < -0.39 is 0 Å². The van der Waals surface area contributed by atoms with E-state index in [9.17, 15) is 0 Å². The quantitative estimate of drug-likeness (QED) is 0.670. The average Bonchev–Trinajstić information content (AvgIpc) is 2.77. The lowest BCUT2D eigenvalue weighted by Gasteiger charge is -2.13. The highest BCUT2D eigenvalue weighted by Gasteiger charge is 2.11. The van der Waals surface area contributed by atoms with E-state index in [0.29, 0.717) is 6.04 Å². The third kappa shape index (κ3) is 3.86. The molecule has 0 aliphatic heterocycles. The number of rotatable bonds is 8. The van der Waals surface area contributed by atoms with E-state index in [0.717, 1.165) is 17.9 Å². The van der Waals surface area contributed by atoms with Crippen molar-refractivity contribution in [2.24, 2.45) is 0 Å². The fourth-order valence-corrected chi connectivity index (χ4v) is 2.70. The molecule has 20 heavy (non-hydrogen) atoms. The largest absolute Gasteiger partial charge is 0.461 e. The number of hydrogen-bond donors (Lipinski definition) is 1. The molecular weight excluding hydrogens is 246 g/mol. The van der Waals surface area contributed by atoms with Crippen molar-refractivity contribution in [1.29, 1.82) is 0 Å². The third-order valence-electron chi connectivity index (χ3n) is 4.02. The number of furan rings is 1. The van der Waals surface area contributed by atoms with Gasteiger partial charge in [0.05, 0.1) is 0 Å². The molecule has 2 aromatic rings. The van der Waals surface area contributed by atoms with Crippen molar-refractivity contribution < 1.29 is 4.42 Å². The average molecular weight is 273 g/mol. The van der Waals surface area contributed by atoms with Crippen LogP contribution in [0.1, 0.15) is 57.3 Å². The van der Waals surface area contributed by atoms with Gasteiger partial charge in [0, 0.05) is 23.5 Å². The van der Waals surface area contributed by atoms with Gasteiger partial charge in [-0.05, 0) is 26.3 Å². The minimum Gasteiger partial charge on any atom is -0.461 e. The molecule has 1 aromatic heterocycles. The van der Waals surface area contributed by atoms with Crippen molar-refractivity contribution in [2.45, 2.75) is 65.5 Å². The number of aryl methyl sites for hydroxylation is 1. The van der Waals surface area contributed by atoms with Crippen LogP contribution in [-0.2, 0) is 6.54 Å². The molecule has 0 radical (unpaired) electrons. The predicted molar refractivity (Wildman–Crippen MR) is 86.0 cm³/mol. The minimum absolute atomic E-state index is 0.569. The van der Waals surface area contributed by atoms with Crippen LogP contribution in [-0.4, -0.2) is 6.04 Å². The molecule has 1 unspecified atom stereocenters. The number of fused-ring (bicyclic) bond motifs is 1. The summed E-state index contributed by atoms with van der Waals surface area (Å²) in [6, 6.07) is 8.86. The maximum Gasteiger partial charge on any atom is 0.134 e. The summed E-state index contributed by atoms with van der Waals surface area (Å²) in [4.78, 5) is 0. The van der Waals surface area contributed by atoms with Gasteiger partial charge in [-0.25, -0.2) is 0 Å². The molecule has 0 aliphatic rings. The number of unbranched alkanes of at least 4 members (excludes halogenated alkanes) is 3. The first-order chi connectivity index (χ1) is 9.72. The second-order valence-electron chi connectivity index (χ2n) is 5.76. The second-order valence-corrected chi connectivity index (χ2v) is 5.76. The number of para-hydroxylation sites is 1. The molecule has 0 aliphatic carbocycles. The third-order valence-corrected chi connectivity index (χ3v) is 4.02. The van der Waals surface area contributed by atoms with Crippen molar-refractivity contribution in [3.63, 3.8) is 0 Å². The highest BCUT2D eigenvalue weighted by Crippen LogP contribution is 2.25. The van der Waals surface area contributed by atoms with Crippen LogP contribution in [0.2, 0.25) is 0 Å². The summed E-state index contributed by atoms with van der Waals surface area (Å²) in [5.74, 6) is 1.04. The van der Waals surface area contributed by atoms with Crippen molar-refractivity contribution >= 4 is 11.0 Å². The predicted octanol–water partition coefficient (Wildman–Crippen LogP) is 5.19. The molecule has 1 N–H and O–H groups in total. The Morgan fingerprint density at radius 2 is 1.95 bits per heavy atom. The molecule has 110 valence electrons.